The van der Waals surface area contributed by atoms with Gasteiger partial charge in [-0.2, -0.15) is 0 Å². The van der Waals surface area contributed by atoms with Crippen molar-refractivity contribution in [3.8, 4) is 0 Å². The summed E-state index contributed by atoms with van der Waals surface area (Å²) >= 11 is 0. The fraction of sp³-hybridized carbons (Fsp3) is 1.00. The van der Waals surface area contributed by atoms with Gasteiger partial charge in [0.2, 0.25) is 0 Å². The van der Waals surface area contributed by atoms with Crippen LogP contribution >= 0.6 is 0 Å². The van der Waals surface area contributed by atoms with Crippen molar-refractivity contribution in [2.45, 2.75) is 76.8 Å². The molecule has 0 amide bonds. The van der Waals surface area contributed by atoms with Gasteiger partial charge in [-0.1, -0.05) is 38.9 Å². The van der Waals surface area contributed by atoms with Gasteiger partial charge in [-0.15, -0.1) is 0 Å². The summed E-state index contributed by atoms with van der Waals surface area (Å²) in [6.07, 6.45) is 11.9. The first kappa shape index (κ1) is 14.5. The van der Waals surface area contributed by atoms with Crippen LogP contribution in [0.15, 0.2) is 0 Å². The molecule has 0 bridgehead atoms. The number of likely N-dealkylation sites (tertiary alicyclic amines) is 1. The van der Waals surface area contributed by atoms with E-state index in [0.717, 1.165) is 0 Å². The minimum absolute atomic E-state index is 0.561. The molecule has 1 heterocycles. The van der Waals surface area contributed by atoms with E-state index in [2.05, 4.69) is 24.5 Å². The highest BCUT2D eigenvalue weighted by Crippen LogP contribution is 2.25. The van der Waals surface area contributed by atoms with Crippen LogP contribution in [0.1, 0.15) is 44.9 Å². The summed E-state index contributed by atoms with van der Waals surface area (Å²) in [6.45, 7) is 9.94. The molecule has 0 aromatic rings. The van der Waals surface area contributed by atoms with E-state index in [-0.39, 0.29) is 0 Å². The van der Waals surface area contributed by atoms with E-state index in [9.17, 15) is 0 Å². The van der Waals surface area contributed by atoms with Crippen molar-refractivity contribution in [2.75, 3.05) is 19.3 Å². The Balaban J connectivity index is 1.66. The molecular weight excluding hydrogens is 238 g/mol. The lowest BCUT2D eigenvalue weighted by Gasteiger charge is -2.37. The second-order valence-corrected chi connectivity index (χ2v) is 12.9. The standard InChI is InChI=1S/C15H31NOSi/c1-18(2,3)13-16-11-9-15(10-12-16)17-14-7-5-4-6-8-14/h14-15H,4-13H2,1-3H3. The first-order valence-electron chi connectivity index (χ1n) is 7.91. The Bertz CT molecular complexity index is 237. The summed E-state index contributed by atoms with van der Waals surface area (Å²) in [5.74, 6) is 0. The number of hydrogen-bond donors (Lipinski definition) is 0. The van der Waals surface area contributed by atoms with Crippen LogP contribution in [-0.4, -0.2) is 44.4 Å². The monoisotopic (exact) mass is 269 g/mol. The van der Waals surface area contributed by atoms with Crippen molar-refractivity contribution in [1.29, 1.82) is 0 Å². The fourth-order valence-electron chi connectivity index (χ4n) is 3.35. The normalized spacial score (nSPS) is 25.5. The zero-order chi connectivity index (χ0) is 13.0. The van der Waals surface area contributed by atoms with Gasteiger partial charge >= 0.3 is 0 Å². The van der Waals surface area contributed by atoms with E-state index < -0.39 is 8.07 Å². The van der Waals surface area contributed by atoms with E-state index in [0.29, 0.717) is 12.2 Å². The van der Waals surface area contributed by atoms with Crippen molar-refractivity contribution in [3.63, 3.8) is 0 Å². The largest absolute Gasteiger partial charge is 0.375 e. The maximum atomic E-state index is 6.30. The lowest BCUT2D eigenvalue weighted by molar-refractivity contribution is -0.0542. The SMILES string of the molecule is C[Si](C)(C)CN1CCC(OC2CCCCC2)CC1. The maximum Gasteiger partial charge on any atom is 0.0603 e. The van der Waals surface area contributed by atoms with Crippen LogP contribution in [0, 0.1) is 0 Å². The molecule has 2 fully saturated rings. The first-order valence-corrected chi connectivity index (χ1v) is 11.6. The topological polar surface area (TPSA) is 12.5 Å². The van der Waals surface area contributed by atoms with Crippen molar-refractivity contribution in [1.82, 2.24) is 4.90 Å². The summed E-state index contributed by atoms with van der Waals surface area (Å²) in [5, 5.41) is 0. The third kappa shape index (κ3) is 5.02. The average molecular weight is 270 g/mol. The zero-order valence-electron chi connectivity index (χ0n) is 12.6. The summed E-state index contributed by atoms with van der Waals surface area (Å²) in [5.41, 5.74) is 0. The van der Waals surface area contributed by atoms with Gasteiger partial charge < -0.3 is 9.64 Å². The van der Waals surface area contributed by atoms with Crippen LogP contribution in [0.4, 0.5) is 0 Å². The number of ether oxygens (including phenoxy) is 1. The first-order chi connectivity index (χ1) is 8.53. The molecule has 3 heteroatoms. The van der Waals surface area contributed by atoms with Crippen molar-refractivity contribution < 1.29 is 4.74 Å². The van der Waals surface area contributed by atoms with Gasteiger partial charge in [0.25, 0.3) is 0 Å². The molecule has 2 nitrogen and oxygen atoms in total. The molecule has 2 aliphatic rings. The van der Waals surface area contributed by atoms with E-state index in [1.807, 2.05) is 0 Å². The predicted molar refractivity (Wildman–Crippen MR) is 80.8 cm³/mol. The average Bonchev–Trinajstić information content (AvgIpc) is 2.31. The third-order valence-electron chi connectivity index (χ3n) is 4.17. The Labute approximate surface area is 114 Å². The second kappa shape index (κ2) is 6.53. The highest BCUT2D eigenvalue weighted by atomic mass is 28.3. The molecule has 1 aliphatic heterocycles. The highest BCUT2D eigenvalue weighted by molar-refractivity contribution is 6.76. The molecule has 0 atom stereocenters. The van der Waals surface area contributed by atoms with Crippen LogP contribution in [-0.2, 0) is 4.74 Å². The summed E-state index contributed by atoms with van der Waals surface area (Å²) < 4.78 is 6.30. The number of piperidine rings is 1. The van der Waals surface area contributed by atoms with Gasteiger partial charge in [0.05, 0.1) is 20.3 Å². The van der Waals surface area contributed by atoms with Crippen molar-refractivity contribution >= 4 is 8.07 Å². The van der Waals surface area contributed by atoms with E-state index in [1.54, 1.807) is 0 Å². The molecule has 0 N–H and O–H groups in total. The second-order valence-electron chi connectivity index (χ2n) is 7.43. The molecular formula is C15H31NOSi. The van der Waals surface area contributed by atoms with Gasteiger partial charge in [0, 0.05) is 13.1 Å². The highest BCUT2D eigenvalue weighted by Gasteiger charge is 2.26. The minimum atomic E-state index is -0.924. The van der Waals surface area contributed by atoms with Gasteiger partial charge in [0.1, 0.15) is 0 Å². The summed E-state index contributed by atoms with van der Waals surface area (Å²) in [6, 6.07) is 0. The zero-order valence-corrected chi connectivity index (χ0v) is 13.6. The number of nitrogens with zero attached hydrogens (tertiary/aromatic N) is 1. The molecule has 2 rings (SSSR count). The quantitative estimate of drug-likeness (QED) is 0.722. The van der Waals surface area contributed by atoms with E-state index >= 15 is 0 Å². The Hall–Kier alpha value is 0.137. The Morgan fingerprint density at radius 1 is 0.889 bits per heavy atom. The van der Waals surface area contributed by atoms with Gasteiger partial charge in [-0.3, -0.25) is 0 Å². The number of hydrogen-bond acceptors (Lipinski definition) is 2. The lowest BCUT2D eigenvalue weighted by Crippen LogP contribution is -2.46. The number of rotatable bonds is 4. The molecule has 0 aromatic carbocycles. The summed E-state index contributed by atoms with van der Waals surface area (Å²) in [7, 11) is -0.924. The molecule has 18 heavy (non-hydrogen) atoms. The predicted octanol–water partition coefficient (Wildman–Crippen LogP) is 3.68. The van der Waals surface area contributed by atoms with Gasteiger partial charge in [-0.25, -0.2) is 0 Å². The Morgan fingerprint density at radius 3 is 2.00 bits per heavy atom. The van der Waals surface area contributed by atoms with E-state index in [4.69, 9.17) is 4.74 Å². The Morgan fingerprint density at radius 2 is 1.44 bits per heavy atom. The molecule has 0 aromatic heterocycles. The van der Waals surface area contributed by atoms with E-state index in [1.165, 1.54) is 64.2 Å². The van der Waals surface area contributed by atoms with Crippen LogP contribution in [0.25, 0.3) is 0 Å². The third-order valence-corrected chi connectivity index (χ3v) is 5.57. The minimum Gasteiger partial charge on any atom is -0.375 e. The Kier molecular flexibility index (Phi) is 5.28. The molecule has 1 aliphatic carbocycles. The summed E-state index contributed by atoms with van der Waals surface area (Å²) in [4.78, 5) is 2.67. The lowest BCUT2D eigenvalue weighted by atomic mass is 9.97. The molecule has 0 spiro atoms. The molecule has 1 saturated carbocycles. The molecule has 106 valence electrons. The smallest absolute Gasteiger partial charge is 0.0603 e. The van der Waals surface area contributed by atoms with Gasteiger partial charge in [0.15, 0.2) is 0 Å². The van der Waals surface area contributed by atoms with Crippen LogP contribution in [0.3, 0.4) is 0 Å². The molecule has 0 unspecified atom stereocenters. The fourth-order valence-corrected chi connectivity index (χ4v) is 5.01. The van der Waals surface area contributed by atoms with Crippen LogP contribution < -0.4 is 0 Å². The van der Waals surface area contributed by atoms with Crippen molar-refractivity contribution in [3.05, 3.63) is 0 Å². The van der Waals surface area contributed by atoms with Gasteiger partial charge in [-0.05, 0) is 31.9 Å². The van der Waals surface area contributed by atoms with Crippen LogP contribution in [0.5, 0.6) is 0 Å². The maximum absolute atomic E-state index is 6.30. The van der Waals surface area contributed by atoms with Crippen LogP contribution in [0.2, 0.25) is 19.6 Å². The molecule has 0 radical (unpaired) electrons. The molecule has 1 saturated heterocycles. The van der Waals surface area contributed by atoms with Crippen molar-refractivity contribution in [2.24, 2.45) is 0 Å².